The van der Waals surface area contributed by atoms with Crippen LogP contribution in [0.2, 0.25) is 0 Å². The van der Waals surface area contributed by atoms with E-state index < -0.39 is 16.9 Å². The summed E-state index contributed by atoms with van der Waals surface area (Å²) in [4.78, 5) is 37.4. The van der Waals surface area contributed by atoms with E-state index in [0.29, 0.717) is 25.1 Å². The molecule has 0 aliphatic rings. The fourth-order valence-corrected chi connectivity index (χ4v) is 1.91. The van der Waals surface area contributed by atoms with Crippen LogP contribution in [0.4, 0.5) is 11.4 Å². The van der Waals surface area contributed by atoms with Crippen molar-refractivity contribution in [3.8, 4) is 0 Å². The molecule has 0 aliphatic heterocycles. The minimum Gasteiger partial charge on any atom is -0.370 e. The van der Waals surface area contributed by atoms with Crippen LogP contribution in [0.1, 0.15) is 19.8 Å². The molecule has 0 saturated carbocycles. The highest BCUT2D eigenvalue weighted by molar-refractivity contribution is 5.97. The molecule has 0 saturated heterocycles. The van der Waals surface area contributed by atoms with Gasteiger partial charge >= 0.3 is 0 Å². The van der Waals surface area contributed by atoms with Gasteiger partial charge in [-0.2, -0.15) is 0 Å². The van der Waals surface area contributed by atoms with Gasteiger partial charge in [-0.05, 0) is 25.0 Å². The van der Waals surface area contributed by atoms with Gasteiger partial charge in [0.1, 0.15) is 6.04 Å². The maximum atomic E-state index is 12.3. The summed E-state index contributed by atoms with van der Waals surface area (Å²) >= 11 is 0. The van der Waals surface area contributed by atoms with Gasteiger partial charge < -0.3 is 22.1 Å². The summed E-state index contributed by atoms with van der Waals surface area (Å²) < 4.78 is 0. The van der Waals surface area contributed by atoms with E-state index in [-0.39, 0.29) is 17.6 Å². The lowest BCUT2D eigenvalue weighted by molar-refractivity contribution is -0.384. The average molecular weight is 336 g/mol. The molecule has 0 fully saturated rings. The number of rotatable bonds is 8. The van der Waals surface area contributed by atoms with E-state index in [4.69, 9.17) is 11.5 Å². The molecule has 24 heavy (non-hydrogen) atoms. The quantitative estimate of drug-likeness (QED) is 0.173. The molecule has 1 rings (SSSR count). The van der Waals surface area contributed by atoms with Gasteiger partial charge in [0.2, 0.25) is 11.8 Å². The molecular formula is C14H20N6O4. The number of amides is 2. The number of carbonyl (C=O) groups excluding carboxylic acids is 2. The Balaban J connectivity index is 2.67. The maximum absolute atomic E-state index is 12.3. The average Bonchev–Trinajstić information content (AvgIpc) is 2.50. The number of benzene rings is 1. The second kappa shape index (κ2) is 9.08. The van der Waals surface area contributed by atoms with Crippen LogP contribution < -0.4 is 22.1 Å². The first-order valence-electron chi connectivity index (χ1n) is 7.17. The van der Waals surface area contributed by atoms with Crippen molar-refractivity contribution < 1.29 is 14.5 Å². The lowest BCUT2D eigenvalue weighted by Crippen LogP contribution is -2.43. The monoisotopic (exact) mass is 336 g/mol. The number of aliphatic imine (C=N–C) groups is 1. The Hall–Kier alpha value is -3.17. The number of non-ortho nitro benzene ring substituents is 1. The molecule has 1 unspecified atom stereocenters. The highest BCUT2D eigenvalue weighted by atomic mass is 16.6. The Morgan fingerprint density at radius 2 is 1.92 bits per heavy atom. The van der Waals surface area contributed by atoms with Gasteiger partial charge in [-0.25, -0.2) is 0 Å². The summed E-state index contributed by atoms with van der Waals surface area (Å²) in [6, 6.07) is 4.64. The number of carbonyl (C=O) groups is 2. The standard InChI is InChI=1S/C14H20N6O4/c1-9(21)18-12(3-2-8-17-14(15)16)13(22)19-10-4-6-11(7-5-10)20(23)24/h4-7,12H,2-3,8H2,1H3,(H,18,21)(H,19,22)(H4,15,16,17). The van der Waals surface area contributed by atoms with Crippen molar-refractivity contribution in [1.29, 1.82) is 0 Å². The Kier molecular flexibility index (Phi) is 7.14. The van der Waals surface area contributed by atoms with Gasteiger partial charge in [-0.15, -0.1) is 0 Å². The van der Waals surface area contributed by atoms with E-state index in [9.17, 15) is 19.7 Å². The second-order valence-electron chi connectivity index (χ2n) is 5.00. The number of nitro groups is 1. The second-order valence-corrected chi connectivity index (χ2v) is 5.00. The fraction of sp³-hybridized carbons (Fsp3) is 0.357. The van der Waals surface area contributed by atoms with E-state index in [0.717, 1.165) is 0 Å². The zero-order valence-corrected chi connectivity index (χ0v) is 13.2. The Morgan fingerprint density at radius 1 is 1.29 bits per heavy atom. The van der Waals surface area contributed by atoms with Gasteiger partial charge in [0.05, 0.1) is 4.92 Å². The van der Waals surface area contributed by atoms with Crippen LogP contribution in [0.15, 0.2) is 29.3 Å². The zero-order chi connectivity index (χ0) is 18.1. The van der Waals surface area contributed by atoms with Crippen LogP contribution in [0, 0.1) is 10.1 Å². The minimum atomic E-state index is -0.758. The normalized spacial score (nSPS) is 11.2. The van der Waals surface area contributed by atoms with E-state index in [1.54, 1.807) is 0 Å². The van der Waals surface area contributed by atoms with E-state index in [1.807, 2.05) is 0 Å². The zero-order valence-electron chi connectivity index (χ0n) is 13.2. The summed E-state index contributed by atoms with van der Waals surface area (Å²) in [5.74, 6) is -0.814. The fourth-order valence-electron chi connectivity index (χ4n) is 1.91. The molecule has 0 aliphatic carbocycles. The van der Waals surface area contributed by atoms with Gasteiger partial charge in [-0.1, -0.05) is 0 Å². The van der Waals surface area contributed by atoms with E-state index in [2.05, 4.69) is 15.6 Å². The number of nitrogens with one attached hydrogen (secondary N) is 2. The van der Waals surface area contributed by atoms with Crippen molar-refractivity contribution in [2.24, 2.45) is 16.5 Å². The summed E-state index contributed by atoms with van der Waals surface area (Å²) in [5, 5.41) is 15.8. The summed E-state index contributed by atoms with van der Waals surface area (Å²) in [6.07, 6.45) is 0.839. The highest BCUT2D eigenvalue weighted by Gasteiger charge is 2.19. The molecule has 0 radical (unpaired) electrons. The molecule has 0 heterocycles. The van der Waals surface area contributed by atoms with Crippen molar-refractivity contribution in [3.63, 3.8) is 0 Å². The van der Waals surface area contributed by atoms with E-state index >= 15 is 0 Å². The van der Waals surface area contributed by atoms with Gasteiger partial charge in [-0.3, -0.25) is 24.7 Å². The number of nitrogens with zero attached hydrogens (tertiary/aromatic N) is 2. The first-order valence-corrected chi connectivity index (χ1v) is 7.17. The van der Waals surface area contributed by atoms with Gasteiger partial charge in [0.25, 0.3) is 5.69 Å². The number of guanidine groups is 1. The molecule has 10 heteroatoms. The lowest BCUT2D eigenvalue weighted by Gasteiger charge is -2.17. The number of hydrogen-bond acceptors (Lipinski definition) is 5. The third-order valence-corrected chi connectivity index (χ3v) is 2.98. The predicted octanol–water partition coefficient (Wildman–Crippen LogP) is 0.0916. The van der Waals surface area contributed by atoms with Crippen LogP contribution in [0.5, 0.6) is 0 Å². The number of hydrogen-bond donors (Lipinski definition) is 4. The summed E-state index contributed by atoms with van der Waals surface area (Å²) in [5.41, 5.74) is 10.7. The smallest absolute Gasteiger partial charge is 0.269 e. The van der Waals surface area contributed by atoms with Crippen molar-refractivity contribution in [2.75, 3.05) is 11.9 Å². The van der Waals surface area contributed by atoms with Crippen LogP contribution in [0.25, 0.3) is 0 Å². The highest BCUT2D eigenvalue weighted by Crippen LogP contribution is 2.16. The molecule has 6 N–H and O–H groups in total. The third kappa shape index (κ3) is 6.73. The van der Waals surface area contributed by atoms with Crippen LogP contribution in [-0.2, 0) is 9.59 Å². The summed E-state index contributed by atoms with van der Waals surface area (Å²) in [7, 11) is 0. The van der Waals surface area contributed by atoms with Crippen LogP contribution in [-0.4, -0.2) is 35.3 Å². The number of nitrogens with two attached hydrogens (primary N) is 2. The maximum Gasteiger partial charge on any atom is 0.269 e. The first kappa shape index (κ1) is 18.9. The minimum absolute atomic E-state index is 0.0404. The van der Waals surface area contributed by atoms with Gasteiger partial charge in [0.15, 0.2) is 5.96 Å². The number of anilines is 1. The predicted molar refractivity (Wildman–Crippen MR) is 89.2 cm³/mol. The van der Waals surface area contributed by atoms with Crippen LogP contribution in [0.3, 0.4) is 0 Å². The molecule has 1 aromatic carbocycles. The molecule has 0 bridgehead atoms. The van der Waals surface area contributed by atoms with Crippen molar-refractivity contribution >= 4 is 29.1 Å². The van der Waals surface area contributed by atoms with E-state index in [1.165, 1.54) is 31.2 Å². The molecule has 2 amide bonds. The molecule has 130 valence electrons. The molecule has 10 nitrogen and oxygen atoms in total. The lowest BCUT2D eigenvalue weighted by atomic mass is 10.1. The van der Waals surface area contributed by atoms with Crippen molar-refractivity contribution in [2.45, 2.75) is 25.8 Å². The van der Waals surface area contributed by atoms with Crippen LogP contribution >= 0.6 is 0 Å². The Labute approximate surface area is 138 Å². The van der Waals surface area contributed by atoms with Gasteiger partial charge in [0, 0.05) is 31.3 Å². The number of nitro benzene ring substituents is 1. The Morgan fingerprint density at radius 3 is 2.42 bits per heavy atom. The third-order valence-electron chi connectivity index (χ3n) is 2.98. The summed E-state index contributed by atoms with van der Waals surface area (Å²) in [6.45, 7) is 1.64. The van der Waals surface area contributed by atoms with Crippen molar-refractivity contribution in [1.82, 2.24) is 5.32 Å². The first-order chi connectivity index (χ1) is 11.3. The molecule has 0 spiro atoms. The molecule has 1 aromatic rings. The topological polar surface area (TPSA) is 166 Å². The molecule has 1 atom stereocenters. The molecular weight excluding hydrogens is 316 g/mol. The SMILES string of the molecule is CC(=O)NC(CCCN=C(N)N)C(=O)Nc1ccc([N+](=O)[O-])cc1. The van der Waals surface area contributed by atoms with Crippen molar-refractivity contribution in [3.05, 3.63) is 34.4 Å². The Bertz CT molecular complexity index is 625. The molecule has 0 aromatic heterocycles. The largest absolute Gasteiger partial charge is 0.370 e.